The van der Waals surface area contributed by atoms with Gasteiger partial charge >= 0.3 is 0 Å². The van der Waals surface area contributed by atoms with Gasteiger partial charge in [-0.3, -0.25) is 0 Å². The maximum absolute atomic E-state index is 6.30. The summed E-state index contributed by atoms with van der Waals surface area (Å²) in [7, 11) is 0. The number of fused-ring (bicyclic) bond motifs is 1. The number of para-hydroxylation sites is 3. The summed E-state index contributed by atoms with van der Waals surface area (Å²) in [5.74, 6) is 2.48. The van der Waals surface area contributed by atoms with Crippen molar-refractivity contribution in [3.63, 3.8) is 0 Å². The number of nitrogens with zero attached hydrogens (tertiary/aromatic N) is 1. The highest BCUT2D eigenvalue weighted by atomic mass is 16.5. The van der Waals surface area contributed by atoms with Crippen LogP contribution in [0, 0.1) is 6.92 Å². The fourth-order valence-electron chi connectivity index (χ4n) is 3.80. The molecule has 0 saturated carbocycles. The van der Waals surface area contributed by atoms with Gasteiger partial charge in [0, 0.05) is 10.9 Å². The molecule has 4 heteroatoms. The van der Waals surface area contributed by atoms with Gasteiger partial charge in [-0.15, -0.1) is 0 Å². The number of unbranched alkanes of at least 4 members (excludes halogenated alkanes) is 1. The monoisotopic (exact) mass is 453 g/mol. The SMILES string of the molecule is CCOc1ccccc1OCCCC=Cc1nc2ccccc2c(OCc2ccccc2)c1C. The zero-order valence-electron chi connectivity index (χ0n) is 19.9. The van der Waals surface area contributed by atoms with Gasteiger partial charge in [-0.25, -0.2) is 4.98 Å². The summed E-state index contributed by atoms with van der Waals surface area (Å²) in [6.45, 7) is 5.83. The molecule has 4 rings (SSSR count). The Morgan fingerprint density at radius 2 is 1.50 bits per heavy atom. The van der Waals surface area contributed by atoms with Gasteiger partial charge in [0.25, 0.3) is 0 Å². The molecule has 0 bridgehead atoms. The van der Waals surface area contributed by atoms with E-state index in [2.05, 4.69) is 37.3 Å². The normalized spacial score (nSPS) is 11.1. The molecule has 34 heavy (non-hydrogen) atoms. The van der Waals surface area contributed by atoms with Crippen molar-refractivity contribution in [1.82, 2.24) is 4.98 Å². The van der Waals surface area contributed by atoms with Crippen LogP contribution in [-0.2, 0) is 6.61 Å². The Kier molecular flexibility index (Phi) is 8.18. The highest BCUT2D eigenvalue weighted by Gasteiger charge is 2.12. The van der Waals surface area contributed by atoms with Crippen molar-refractivity contribution in [1.29, 1.82) is 0 Å². The quantitative estimate of drug-likeness (QED) is 0.222. The van der Waals surface area contributed by atoms with E-state index in [0.29, 0.717) is 19.8 Å². The molecule has 3 aromatic carbocycles. The van der Waals surface area contributed by atoms with Crippen molar-refractivity contribution in [2.75, 3.05) is 13.2 Å². The maximum Gasteiger partial charge on any atom is 0.161 e. The molecule has 0 spiro atoms. The summed E-state index contributed by atoms with van der Waals surface area (Å²) >= 11 is 0. The summed E-state index contributed by atoms with van der Waals surface area (Å²) < 4.78 is 17.8. The lowest BCUT2D eigenvalue weighted by Crippen LogP contribution is -2.01. The number of benzene rings is 3. The van der Waals surface area contributed by atoms with Gasteiger partial charge < -0.3 is 14.2 Å². The number of hydrogen-bond donors (Lipinski definition) is 0. The summed E-state index contributed by atoms with van der Waals surface area (Å²) in [6.07, 6.45) is 6.04. The molecule has 0 amide bonds. The van der Waals surface area contributed by atoms with Crippen molar-refractivity contribution < 1.29 is 14.2 Å². The van der Waals surface area contributed by atoms with Crippen LogP contribution in [0.2, 0.25) is 0 Å². The third-order valence-electron chi connectivity index (χ3n) is 5.54. The number of aromatic nitrogens is 1. The van der Waals surface area contributed by atoms with Gasteiger partial charge in [0.05, 0.1) is 24.4 Å². The lowest BCUT2D eigenvalue weighted by atomic mass is 10.1. The van der Waals surface area contributed by atoms with Crippen molar-refractivity contribution in [3.8, 4) is 17.2 Å². The van der Waals surface area contributed by atoms with Gasteiger partial charge in [0.2, 0.25) is 0 Å². The van der Waals surface area contributed by atoms with Crippen molar-refractivity contribution in [2.45, 2.75) is 33.3 Å². The standard InChI is InChI=1S/C30H31NO3/c1-3-32-28-19-11-12-20-29(28)33-21-13-5-8-17-26-23(2)30(25-16-9-10-18-27(25)31-26)34-22-24-14-6-4-7-15-24/h4,6-12,14-20H,3,5,13,21-22H2,1-2H3. The Bertz CT molecular complexity index is 1230. The summed E-state index contributed by atoms with van der Waals surface area (Å²) in [5.41, 5.74) is 4.06. The second kappa shape index (κ2) is 11.9. The first-order chi connectivity index (χ1) is 16.8. The van der Waals surface area contributed by atoms with Gasteiger partial charge in [-0.1, -0.05) is 60.7 Å². The van der Waals surface area contributed by atoms with E-state index in [0.717, 1.165) is 57.8 Å². The van der Waals surface area contributed by atoms with E-state index in [4.69, 9.17) is 19.2 Å². The highest BCUT2D eigenvalue weighted by Crippen LogP contribution is 2.32. The Balaban J connectivity index is 1.41. The Morgan fingerprint density at radius 1 is 0.794 bits per heavy atom. The lowest BCUT2D eigenvalue weighted by molar-refractivity contribution is 0.274. The molecule has 0 unspecified atom stereocenters. The third-order valence-corrected chi connectivity index (χ3v) is 5.54. The average molecular weight is 454 g/mol. The minimum Gasteiger partial charge on any atom is -0.490 e. The third kappa shape index (κ3) is 5.96. The first-order valence-corrected chi connectivity index (χ1v) is 11.8. The van der Waals surface area contributed by atoms with Crippen molar-refractivity contribution >= 4 is 17.0 Å². The molecule has 0 radical (unpaired) electrons. The molecule has 1 heterocycles. The first kappa shape index (κ1) is 23.4. The number of hydrogen-bond acceptors (Lipinski definition) is 4. The molecule has 0 N–H and O–H groups in total. The zero-order chi connectivity index (χ0) is 23.6. The average Bonchev–Trinajstić information content (AvgIpc) is 2.87. The Labute approximate surface area is 201 Å². The van der Waals surface area contributed by atoms with Gasteiger partial charge in [-0.05, 0) is 62.6 Å². The number of ether oxygens (including phenoxy) is 3. The smallest absolute Gasteiger partial charge is 0.161 e. The van der Waals surface area contributed by atoms with Crippen LogP contribution in [0.3, 0.4) is 0 Å². The number of allylic oxidation sites excluding steroid dienone is 1. The van der Waals surface area contributed by atoms with Crippen LogP contribution in [0.1, 0.15) is 36.6 Å². The maximum atomic E-state index is 6.30. The van der Waals surface area contributed by atoms with Crippen molar-refractivity contribution in [3.05, 3.63) is 102 Å². The molecule has 0 aliphatic rings. The van der Waals surface area contributed by atoms with Crippen LogP contribution < -0.4 is 14.2 Å². The van der Waals surface area contributed by atoms with E-state index in [9.17, 15) is 0 Å². The molecule has 0 aliphatic heterocycles. The Morgan fingerprint density at radius 3 is 2.29 bits per heavy atom. The molecule has 1 aromatic heterocycles. The molecule has 4 nitrogen and oxygen atoms in total. The van der Waals surface area contributed by atoms with Crippen LogP contribution in [0.15, 0.2) is 84.9 Å². The molecule has 0 saturated heterocycles. The van der Waals surface area contributed by atoms with E-state index in [1.165, 1.54) is 0 Å². The van der Waals surface area contributed by atoms with Crippen LogP contribution in [0.4, 0.5) is 0 Å². The molecule has 4 aromatic rings. The fourth-order valence-corrected chi connectivity index (χ4v) is 3.80. The van der Waals surface area contributed by atoms with Crippen LogP contribution in [-0.4, -0.2) is 18.2 Å². The van der Waals surface area contributed by atoms with E-state index < -0.39 is 0 Å². The van der Waals surface area contributed by atoms with Gasteiger partial charge in [0.1, 0.15) is 12.4 Å². The van der Waals surface area contributed by atoms with Gasteiger partial charge in [-0.2, -0.15) is 0 Å². The van der Waals surface area contributed by atoms with Crippen LogP contribution in [0.5, 0.6) is 17.2 Å². The lowest BCUT2D eigenvalue weighted by Gasteiger charge is -2.14. The van der Waals surface area contributed by atoms with Crippen molar-refractivity contribution in [2.24, 2.45) is 0 Å². The second-order valence-electron chi connectivity index (χ2n) is 8.02. The zero-order valence-corrected chi connectivity index (χ0v) is 19.9. The van der Waals surface area contributed by atoms with Crippen LogP contribution in [0.25, 0.3) is 17.0 Å². The molecule has 0 fully saturated rings. The molecular weight excluding hydrogens is 422 g/mol. The minimum atomic E-state index is 0.527. The molecular formula is C30H31NO3. The molecule has 174 valence electrons. The molecule has 0 atom stereocenters. The number of pyridine rings is 1. The van der Waals surface area contributed by atoms with Gasteiger partial charge in [0.15, 0.2) is 11.5 Å². The van der Waals surface area contributed by atoms with E-state index in [1.54, 1.807) is 0 Å². The minimum absolute atomic E-state index is 0.527. The number of rotatable bonds is 11. The summed E-state index contributed by atoms with van der Waals surface area (Å²) in [4.78, 5) is 4.87. The summed E-state index contributed by atoms with van der Waals surface area (Å²) in [5, 5.41) is 1.04. The largest absolute Gasteiger partial charge is 0.490 e. The highest BCUT2D eigenvalue weighted by molar-refractivity contribution is 5.88. The predicted molar refractivity (Wildman–Crippen MR) is 139 cm³/mol. The fraction of sp³-hybridized carbons (Fsp3) is 0.233. The van der Waals surface area contributed by atoms with Crippen LogP contribution >= 0.6 is 0 Å². The van der Waals surface area contributed by atoms with E-state index >= 15 is 0 Å². The Hall–Kier alpha value is -3.79. The predicted octanol–water partition coefficient (Wildman–Crippen LogP) is 7.39. The topological polar surface area (TPSA) is 40.6 Å². The second-order valence-corrected chi connectivity index (χ2v) is 8.02. The molecule has 0 aliphatic carbocycles. The van der Waals surface area contributed by atoms with E-state index in [-0.39, 0.29) is 0 Å². The first-order valence-electron chi connectivity index (χ1n) is 11.8. The van der Waals surface area contributed by atoms with E-state index in [1.807, 2.05) is 67.6 Å². The summed E-state index contributed by atoms with van der Waals surface area (Å²) in [6, 6.07) is 26.2.